The smallest absolute Gasteiger partial charge is 0.358 e. The lowest BCUT2D eigenvalue weighted by atomic mass is 10.1. The highest BCUT2D eigenvalue weighted by atomic mass is 16.4. The molecule has 0 bridgehead atoms. The van der Waals surface area contributed by atoms with Crippen LogP contribution in [-0.4, -0.2) is 34.1 Å². The van der Waals surface area contributed by atoms with Gasteiger partial charge in [0.25, 0.3) is 0 Å². The summed E-state index contributed by atoms with van der Waals surface area (Å²) >= 11 is 0. The Hall–Kier alpha value is -1.91. The maximum Gasteiger partial charge on any atom is 0.358 e. The van der Waals surface area contributed by atoms with Crippen LogP contribution in [0.3, 0.4) is 0 Å². The van der Waals surface area contributed by atoms with Crippen LogP contribution in [0.2, 0.25) is 0 Å². The Morgan fingerprint density at radius 1 is 1.44 bits per heavy atom. The second-order valence-electron chi connectivity index (χ2n) is 3.78. The minimum absolute atomic E-state index is 0.0236. The summed E-state index contributed by atoms with van der Waals surface area (Å²) in [6.45, 7) is 3.57. The van der Waals surface area contributed by atoms with Gasteiger partial charge in [0.1, 0.15) is 0 Å². The molecule has 0 spiro atoms. The third-order valence-electron chi connectivity index (χ3n) is 2.62. The van der Waals surface area contributed by atoms with Crippen LogP contribution in [-0.2, 0) is 0 Å². The van der Waals surface area contributed by atoms with Crippen LogP contribution in [0.5, 0.6) is 0 Å². The van der Waals surface area contributed by atoms with Crippen LogP contribution in [0.1, 0.15) is 23.8 Å². The van der Waals surface area contributed by atoms with Gasteiger partial charge in [-0.2, -0.15) is 0 Å². The average Bonchev–Trinajstić information content (AvgIpc) is 2.30. The van der Waals surface area contributed by atoms with Crippen molar-refractivity contribution in [2.45, 2.75) is 13.3 Å². The van der Waals surface area contributed by atoms with E-state index in [0.717, 1.165) is 13.0 Å². The van der Waals surface area contributed by atoms with Crippen LogP contribution in [0.15, 0.2) is 24.0 Å². The fourth-order valence-electron chi connectivity index (χ4n) is 1.68. The highest BCUT2D eigenvalue weighted by Crippen LogP contribution is 2.19. The second-order valence-corrected chi connectivity index (χ2v) is 3.78. The van der Waals surface area contributed by atoms with Crippen LogP contribution >= 0.6 is 0 Å². The quantitative estimate of drug-likeness (QED) is 0.760. The molecule has 1 N–H and O–H groups in total. The van der Waals surface area contributed by atoms with Crippen LogP contribution < -0.4 is 4.90 Å². The van der Waals surface area contributed by atoms with E-state index in [-0.39, 0.29) is 5.69 Å². The molecule has 0 fully saturated rings. The summed E-state index contributed by atoms with van der Waals surface area (Å²) in [7, 11) is 0. The monoisotopic (exact) mass is 219 g/mol. The predicted octanol–water partition coefficient (Wildman–Crippen LogP) is 1.33. The van der Waals surface area contributed by atoms with Gasteiger partial charge in [-0.1, -0.05) is 11.6 Å². The maximum atomic E-state index is 11.0. The summed E-state index contributed by atoms with van der Waals surface area (Å²) in [5.41, 5.74) is 1.35. The van der Waals surface area contributed by atoms with E-state index >= 15 is 0 Å². The number of nitrogens with zero attached hydrogens (tertiary/aromatic N) is 3. The van der Waals surface area contributed by atoms with Crippen molar-refractivity contribution in [2.24, 2.45) is 0 Å². The fourth-order valence-corrected chi connectivity index (χ4v) is 1.68. The number of carboxylic acid groups (broad SMARTS) is 1. The summed E-state index contributed by atoms with van der Waals surface area (Å²) in [6.07, 6.45) is 5.95. The molecular formula is C11H13N3O2. The Balaban J connectivity index is 2.30. The van der Waals surface area contributed by atoms with Crippen molar-refractivity contribution in [2.75, 3.05) is 18.0 Å². The highest BCUT2D eigenvalue weighted by Gasteiger charge is 2.19. The average molecular weight is 219 g/mol. The van der Waals surface area contributed by atoms with Crippen molar-refractivity contribution in [3.05, 3.63) is 29.7 Å². The number of aromatic nitrogens is 2. The third kappa shape index (κ3) is 2.03. The van der Waals surface area contributed by atoms with Gasteiger partial charge in [-0.05, 0) is 13.3 Å². The normalized spacial score (nSPS) is 15.8. The molecule has 0 aromatic carbocycles. The molecule has 5 nitrogen and oxygen atoms in total. The number of hydrogen-bond donors (Lipinski definition) is 1. The van der Waals surface area contributed by atoms with Gasteiger partial charge in [0.2, 0.25) is 0 Å². The molecule has 1 aliphatic heterocycles. The topological polar surface area (TPSA) is 66.3 Å². The number of hydrogen-bond acceptors (Lipinski definition) is 4. The van der Waals surface area contributed by atoms with E-state index in [1.54, 1.807) is 0 Å². The van der Waals surface area contributed by atoms with Gasteiger partial charge < -0.3 is 10.0 Å². The Kier molecular flexibility index (Phi) is 2.85. The number of carbonyl (C=O) groups is 1. The van der Waals surface area contributed by atoms with Crippen molar-refractivity contribution < 1.29 is 9.90 Å². The summed E-state index contributed by atoms with van der Waals surface area (Å²) in [5.74, 6) is -0.576. The zero-order chi connectivity index (χ0) is 11.5. The Morgan fingerprint density at radius 3 is 2.81 bits per heavy atom. The standard InChI is InChI=1S/C11H13N3O2/c1-8-2-6-14(7-3-8)10-9(11(15)16)12-4-5-13-10/h2,4-5H,3,6-7H2,1H3,(H,15,16). The molecule has 0 aliphatic carbocycles. The predicted molar refractivity (Wildman–Crippen MR) is 59.6 cm³/mol. The zero-order valence-corrected chi connectivity index (χ0v) is 9.05. The molecule has 0 unspecified atom stereocenters. The summed E-state index contributed by atoms with van der Waals surface area (Å²) in [6, 6.07) is 0. The molecule has 2 rings (SSSR count). The first-order valence-electron chi connectivity index (χ1n) is 5.13. The van der Waals surface area contributed by atoms with Gasteiger partial charge in [0.05, 0.1) is 0 Å². The first-order valence-corrected chi connectivity index (χ1v) is 5.13. The van der Waals surface area contributed by atoms with Gasteiger partial charge in [-0.25, -0.2) is 14.8 Å². The molecule has 84 valence electrons. The highest BCUT2D eigenvalue weighted by molar-refractivity contribution is 5.91. The summed E-state index contributed by atoms with van der Waals surface area (Å²) < 4.78 is 0. The third-order valence-corrected chi connectivity index (χ3v) is 2.62. The van der Waals surface area contributed by atoms with E-state index in [4.69, 9.17) is 5.11 Å². The van der Waals surface area contributed by atoms with Crippen molar-refractivity contribution >= 4 is 11.8 Å². The number of anilines is 1. The molecule has 1 aromatic heterocycles. The van der Waals surface area contributed by atoms with Gasteiger partial charge in [-0.15, -0.1) is 0 Å². The molecule has 2 heterocycles. The fraction of sp³-hybridized carbons (Fsp3) is 0.364. The molecule has 1 aliphatic rings. The first-order chi connectivity index (χ1) is 7.68. The Labute approximate surface area is 93.4 Å². The van der Waals surface area contributed by atoms with Crippen molar-refractivity contribution in [1.29, 1.82) is 0 Å². The van der Waals surface area contributed by atoms with Crippen LogP contribution in [0.4, 0.5) is 5.82 Å². The molecular weight excluding hydrogens is 206 g/mol. The van der Waals surface area contributed by atoms with E-state index in [2.05, 4.69) is 23.0 Å². The molecule has 5 heteroatoms. The zero-order valence-electron chi connectivity index (χ0n) is 9.05. The lowest BCUT2D eigenvalue weighted by Gasteiger charge is -2.26. The van der Waals surface area contributed by atoms with E-state index in [0.29, 0.717) is 12.4 Å². The number of aromatic carboxylic acids is 1. The van der Waals surface area contributed by atoms with E-state index in [1.807, 2.05) is 4.90 Å². The molecule has 0 amide bonds. The Bertz CT molecular complexity index is 443. The number of carboxylic acids is 1. The molecule has 0 atom stereocenters. The van der Waals surface area contributed by atoms with Crippen molar-refractivity contribution in [3.63, 3.8) is 0 Å². The Morgan fingerprint density at radius 2 is 2.19 bits per heavy atom. The minimum atomic E-state index is -1.03. The van der Waals surface area contributed by atoms with Gasteiger partial charge >= 0.3 is 5.97 Å². The molecule has 0 saturated carbocycles. The van der Waals surface area contributed by atoms with Crippen molar-refractivity contribution in [1.82, 2.24) is 9.97 Å². The molecule has 0 radical (unpaired) electrons. The summed E-state index contributed by atoms with van der Waals surface area (Å²) in [5, 5.41) is 9.00. The number of rotatable bonds is 2. The van der Waals surface area contributed by atoms with E-state index in [9.17, 15) is 4.79 Å². The molecule has 0 saturated heterocycles. The molecule has 1 aromatic rings. The van der Waals surface area contributed by atoms with Gasteiger partial charge in [0, 0.05) is 25.5 Å². The van der Waals surface area contributed by atoms with Gasteiger partial charge in [-0.3, -0.25) is 0 Å². The molecule has 16 heavy (non-hydrogen) atoms. The van der Waals surface area contributed by atoms with Crippen LogP contribution in [0, 0.1) is 0 Å². The minimum Gasteiger partial charge on any atom is -0.476 e. The lowest BCUT2D eigenvalue weighted by molar-refractivity contribution is 0.0690. The lowest BCUT2D eigenvalue weighted by Crippen LogP contribution is -2.30. The summed E-state index contributed by atoms with van der Waals surface area (Å²) in [4.78, 5) is 20.9. The largest absolute Gasteiger partial charge is 0.476 e. The van der Waals surface area contributed by atoms with Crippen molar-refractivity contribution in [3.8, 4) is 0 Å². The van der Waals surface area contributed by atoms with Gasteiger partial charge in [0.15, 0.2) is 11.5 Å². The van der Waals surface area contributed by atoms with E-state index in [1.165, 1.54) is 18.0 Å². The first kappa shape index (κ1) is 10.6. The van der Waals surface area contributed by atoms with E-state index < -0.39 is 5.97 Å². The second kappa shape index (κ2) is 4.30. The maximum absolute atomic E-state index is 11.0. The van der Waals surface area contributed by atoms with Crippen LogP contribution in [0.25, 0.3) is 0 Å². The SMILES string of the molecule is CC1=CCN(c2nccnc2C(=O)O)CC1.